The Morgan fingerprint density at radius 1 is 1.09 bits per heavy atom. The number of rotatable bonds is 5. The van der Waals surface area contributed by atoms with Gasteiger partial charge in [-0.25, -0.2) is 4.98 Å². The van der Waals surface area contributed by atoms with Gasteiger partial charge in [-0.15, -0.1) is 0 Å². The van der Waals surface area contributed by atoms with Crippen LogP contribution in [-0.4, -0.2) is 16.0 Å². The average Bonchev–Trinajstić information content (AvgIpc) is 3.22. The Bertz CT molecular complexity index is 1270. The monoisotopic (exact) mass is 463 g/mol. The van der Waals surface area contributed by atoms with Crippen molar-refractivity contribution in [3.8, 4) is 11.5 Å². The molecule has 0 saturated carbocycles. The molecule has 4 rings (SSSR count). The fourth-order valence-corrected chi connectivity index (χ4v) is 3.58. The highest BCUT2D eigenvalue weighted by atomic mass is 35.5. The van der Waals surface area contributed by atoms with Crippen LogP contribution in [0.2, 0.25) is 5.02 Å². The minimum absolute atomic E-state index is 0.206. The van der Waals surface area contributed by atoms with Gasteiger partial charge in [-0.05, 0) is 90.8 Å². The van der Waals surface area contributed by atoms with Crippen molar-refractivity contribution in [3.63, 3.8) is 0 Å². The number of hydrogen-bond acceptors (Lipinski definition) is 4. The molecule has 0 fully saturated rings. The van der Waals surface area contributed by atoms with Crippen molar-refractivity contribution in [1.82, 2.24) is 10.3 Å². The summed E-state index contributed by atoms with van der Waals surface area (Å²) in [5, 5.41) is 6.44. The Morgan fingerprint density at radius 2 is 1.81 bits per heavy atom. The third-order valence-electron chi connectivity index (χ3n) is 5.32. The number of oxazole rings is 1. The summed E-state index contributed by atoms with van der Waals surface area (Å²) < 4.78 is 5.93. The van der Waals surface area contributed by atoms with Gasteiger partial charge in [0.25, 0.3) is 5.91 Å². The maximum absolute atomic E-state index is 12.3. The van der Waals surface area contributed by atoms with Crippen LogP contribution in [0.4, 0.5) is 5.69 Å². The number of thiocarbonyl (C=S) groups is 1. The van der Waals surface area contributed by atoms with Gasteiger partial charge >= 0.3 is 0 Å². The molecule has 0 aliphatic carbocycles. The summed E-state index contributed by atoms with van der Waals surface area (Å²) in [5.41, 5.74) is 4.94. The van der Waals surface area contributed by atoms with Crippen LogP contribution >= 0.6 is 23.8 Å². The van der Waals surface area contributed by atoms with Crippen molar-refractivity contribution in [3.05, 3.63) is 82.9 Å². The first-order valence-corrected chi connectivity index (χ1v) is 11.1. The first-order chi connectivity index (χ1) is 15.4. The molecule has 1 atom stereocenters. The third-order valence-corrected chi connectivity index (χ3v) is 5.77. The molecule has 7 heteroatoms. The fraction of sp³-hybridized carbons (Fsp3) is 0.160. The van der Waals surface area contributed by atoms with Gasteiger partial charge in [-0.1, -0.05) is 31.5 Å². The van der Waals surface area contributed by atoms with Crippen LogP contribution < -0.4 is 10.6 Å². The van der Waals surface area contributed by atoms with Crippen LogP contribution in [-0.2, 0) is 0 Å². The van der Waals surface area contributed by atoms with Crippen molar-refractivity contribution in [2.75, 3.05) is 5.32 Å². The number of carbonyl (C=O) groups is 1. The molecule has 0 saturated heterocycles. The van der Waals surface area contributed by atoms with Gasteiger partial charge in [-0.2, -0.15) is 0 Å². The van der Waals surface area contributed by atoms with E-state index in [9.17, 15) is 4.79 Å². The van der Waals surface area contributed by atoms with E-state index in [-0.39, 0.29) is 11.0 Å². The maximum Gasteiger partial charge on any atom is 0.257 e. The summed E-state index contributed by atoms with van der Waals surface area (Å²) in [4.78, 5) is 16.9. The van der Waals surface area contributed by atoms with Crippen LogP contribution in [0, 0.1) is 0 Å². The highest BCUT2D eigenvalue weighted by Gasteiger charge is 2.12. The number of nitrogens with one attached hydrogen (secondary N) is 2. The largest absolute Gasteiger partial charge is 0.436 e. The minimum atomic E-state index is -0.306. The highest BCUT2D eigenvalue weighted by Crippen LogP contribution is 2.28. The Balaban J connectivity index is 1.43. The van der Waals surface area contributed by atoms with Gasteiger partial charge in [0.2, 0.25) is 5.89 Å². The molecule has 0 aliphatic rings. The second-order valence-corrected chi connectivity index (χ2v) is 8.39. The van der Waals surface area contributed by atoms with Crippen molar-refractivity contribution < 1.29 is 9.21 Å². The quantitative estimate of drug-likeness (QED) is 0.319. The van der Waals surface area contributed by atoms with Crippen molar-refractivity contribution in [1.29, 1.82) is 0 Å². The molecule has 3 aromatic carbocycles. The van der Waals surface area contributed by atoms with Crippen LogP contribution in [0.25, 0.3) is 22.6 Å². The molecule has 32 heavy (non-hydrogen) atoms. The van der Waals surface area contributed by atoms with Crippen LogP contribution in [0.1, 0.15) is 42.1 Å². The van der Waals surface area contributed by atoms with E-state index in [0.29, 0.717) is 22.4 Å². The van der Waals surface area contributed by atoms with Gasteiger partial charge in [0.05, 0.1) is 0 Å². The normalized spacial score (nSPS) is 11.8. The zero-order valence-corrected chi connectivity index (χ0v) is 19.3. The van der Waals surface area contributed by atoms with Crippen molar-refractivity contribution >= 4 is 51.6 Å². The number of amides is 1. The molecule has 0 unspecified atom stereocenters. The predicted octanol–water partition coefficient (Wildman–Crippen LogP) is 6.79. The highest BCUT2D eigenvalue weighted by molar-refractivity contribution is 7.80. The molecular weight excluding hydrogens is 442 g/mol. The van der Waals surface area contributed by atoms with E-state index in [1.54, 1.807) is 24.3 Å². The number of aromatic nitrogens is 1. The van der Waals surface area contributed by atoms with E-state index in [2.05, 4.69) is 41.6 Å². The van der Waals surface area contributed by atoms with Crippen LogP contribution in [0.15, 0.2) is 71.1 Å². The number of carbonyl (C=O) groups excluding carboxylic acids is 1. The zero-order chi connectivity index (χ0) is 22.7. The molecule has 1 heterocycles. The molecule has 4 aromatic rings. The second-order valence-electron chi connectivity index (χ2n) is 7.55. The SMILES string of the molecule is CC[C@@H](C)c1ccc2oc(-c3ccc(NC(=S)NC(=O)c4ccc(Cl)cc4)cc3)nc2c1. The first-order valence-electron chi connectivity index (χ1n) is 10.3. The first kappa shape index (κ1) is 22.0. The summed E-state index contributed by atoms with van der Waals surface area (Å²) in [6, 6.07) is 20.3. The number of halogens is 1. The molecule has 1 amide bonds. The summed E-state index contributed by atoms with van der Waals surface area (Å²) in [5.74, 6) is 0.736. The standard InChI is InChI=1S/C25H22ClN3O2S/c1-3-15(2)18-8-13-22-21(14-18)28-24(31-22)17-6-11-20(12-7-17)27-25(32)29-23(30)16-4-9-19(26)10-5-16/h4-15H,3H2,1-2H3,(H2,27,29,30,32)/t15-/m1/s1. The molecule has 0 spiro atoms. The summed E-state index contributed by atoms with van der Waals surface area (Å²) >= 11 is 11.1. The molecule has 5 nitrogen and oxygen atoms in total. The van der Waals surface area contributed by atoms with E-state index in [0.717, 1.165) is 28.8 Å². The molecule has 0 aliphatic heterocycles. The van der Waals surface area contributed by atoms with E-state index in [4.69, 9.17) is 28.2 Å². The topological polar surface area (TPSA) is 67.2 Å². The van der Waals surface area contributed by atoms with Gasteiger partial charge in [-0.3, -0.25) is 10.1 Å². The van der Waals surface area contributed by atoms with Gasteiger partial charge < -0.3 is 9.73 Å². The van der Waals surface area contributed by atoms with Gasteiger partial charge in [0.1, 0.15) is 5.52 Å². The molecule has 0 radical (unpaired) electrons. The Morgan fingerprint density at radius 3 is 2.50 bits per heavy atom. The second kappa shape index (κ2) is 9.51. The number of nitrogens with zero attached hydrogens (tertiary/aromatic N) is 1. The van der Waals surface area contributed by atoms with Crippen LogP contribution in [0.5, 0.6) is 0 Å². The summed E-state index contributed by atoms with van der Waals surface area (Å²) in [7, 11) is 0. The van der Waals surface area contributed by atoms with E-state index >= 15 is 0 Å². The Hall–Kier alpha value is -3.22. The summed E-state index contributed by atoms with van der Waals surface area (Å²) in [6.45, 7) is 4.38. The van der Waals surface area contributed by atoms with Crippen molar-refractivity contribution in [2.45, 2.75) is 26.2 Å². The minimum Gasteiger partial charge on any atom is -0.436 e. The van der Waals surface area contributed by atoms with Crippen LogP contribution in [0.3, 0.4) is 0 Å². The third kappa shape index (κ3) is 4.98. The molecule has 1 aromatic heterocycles. The summed E-state index contributed by atoms with van der Waals surface area (Å²) in [6.07, 6.45) is 1.08. The lowest BCUT2D eigenvalue weighted by Gasteiger charge is -2.10. The van der Waals surface area contributed by atoms with Gasteiger partial charge in [0.15, 0.2) is 10.7 Å². The predicted molar refractivity (Wildman–Crippen MR) is 133 cm³/mol. The number of hydrogen-bond donors (Lipinski definition) is 2. The Labute approximate surface area is 196 Å². The van der Waals surface area contributed by atoms with E-state index in [1.165, 1.54) is 5.56 Å². The maximum atomic E-state index is 12.3. The van der Waals surface area contributed by atoms with E-state index in [1.807, 2.05) is 30.3 Å². The molecule has 162 valence electrons. The smallest absolute Gasteiger partial charge is 0.257 e. The lowest BCUT2D eigenvalue weighted by molar-refractivity contribution is 0.0977. The zero-order valence-electron chi connectivity index (χ0n) is 17.7. The number of anilines is 1. The van der Waals surface area contributed by atoms with Gasteiger partial charge in [0, 0.05) is 21.8 Å². The molecule has 2 N–H and O–H groups in total. The van der Waals surface area contributed by atoms with E-state index < -0.39 is 0 Å². The average molecular weight is 464 g/mol. The molecular formula is C25H22ClN3O2S. The fourth-order valence-electron chi connectivity index (χ4n) is 3.25. The number of fused-ring (bicyclic) bond motifs is 1. The lowest BCUT2D eigenvalue weighted by atomic mass is 9.98. The number of benzene rings is 3. The Kier molecular flexibility index (Phi) is 6.53. The van der Waals surface area contributed by atoms with Crippen molar-refractivity contribution in [2.24, 2.45) is 0 Å². The lowest BCUT2D eigenvalue weighted by Crippen LogP contribution is -2.34. The molecule has 0 bridgehead atoms.